The van der Waals surface area contributed by atoms with Crippen LogP contribution in [0.25, 0.3) is 5.57 Å². The van der Waals surface area contributed by atoms with E-state index >= 15 is 0 Å². The minimum absolute atomic E-state index is 0.974. The molecule has 0 aliphatic heterocycles. The van der Waals surface area contributed by atoms with Crippen LogP contribution in [0, 0.1) is 0 Å². The molecule has 0 spiro atoms. The molecule has 1 heteroatoms. The maximum atomic E-state index is 5.18. The summed E-state index contributed by atoms with van der Waals surface area (Å²) < 4.78 is 5.18. The Kier molecular flexibility index (Phi) is 2.32. The zero-order chi connectivity index (χ0) is 7.40. The van der Waals surface area contributed by atoms with Crippen molar-refractivity contribution in [3.8, 4) is 0 Å². The van der Waals surface area contributed by atoms with Crippen LogP contribution >= 0.6 is 0 Å². The van der Waals surface area contributed by atoms with Crippen molar-refractivity contribution in [3.05, 3.63) is 30.2 Å². The van der Waals surface area contributed by atoms with Crippen LogP contribution < -0.4 is 0 Å². The van der Waals surface area contributed by atoms with Gasteiger partial charge in [-0.15, -0.1) is 0 Å². The SMILES string of the molecule is CC/C=C(\C)c1ccco1. The molecule has 54 valence electrons. The van der Waals surface area contributed by atoms with Crippen molar-refractivity contribution >= 4 is 5.57 Å². The van der Waals surface area contributed by atoms with Gasteiger partial charge >= 0.3 is 0 Å². The molecule has 1 heterocycles. The normalized spacial score (nSPS) is 12.0. The fourth-order valence-corrected chi connectivity index (χ4v) is 0.910. The highest BCUT2D eigenvalue weighted by molar-refractivity contribution is 5.58. The van der Waals surface area contributed by atoms with Gasteiger partial charge in [-0.2, -0.15) is 0 Å². The van der Waals surface area contributed by atoms with Gasteiger partial charge in [0.1, 0.15) is 5.76 Å². The molecule has 0 unspecified atom stereocenters. The van der Waals surface area contributed by atoms with Gasteiger partial charge in [-0.05, 0) is 31.1 Å². The van der Waals surface area contributed by atoms with Crippen LogP contribution in [0.15, 0.2) is 28.9 Å². The molecule has 0 amide bonds. The zero-order valence-electron chi connectivity index (χ0n) is 6.42. The number of hydrogen-bond donors (Lipinski definition) is 0. The van der Waals surface area contributed by atoms with Gasteiger partial charge in [0, 0.05) is 0 Å². The number of furan rings is 1. The van der Waals surface area contributed by atoms with Crippen molar-refractivity contribution in [1.82, 2.24) is 0 Å². The third kappa shape index (κ3) is 1.50. The topological polar surface area (TPSA) is 13.1 Å². The van der Waals surface area contributed by atoms with Gasteiger partial charge < -0.3 is 4.42 Å². The molecule has 0 N–H and O–H groups in total. The van der Waals surface area contributed by atoms with Gasteiger partial charge in [-0.1, -0.05) is 13.0 Å². The first-order valence-electron chi connectivity index (χ1n) is 3.55. The molecule has 0 aliphatic rings. The summed E-state index contributed by atoms with van der Waals surface area (Å²) in [6.45, 7) is 4.18. The number of hydrogen-bond acceptors (Lipinski definition) is 1. The summed E-state index contributed by atoms with van der Waals surface area (Å²) in [4.78, 5) is 0. The van der Waals surface area contributed by atoms with Crippen molar-refractivity contribution in [2.45, 2.75) is 20.3 Å². The standard InChI is InChI=1S/C9H12O/c1-3-5-8(2)9-6-4-7-10-9/h4-7H,3H2,1-2H3/b8-5+. The monoisotopic (exact) mass is 136 g/mol. The molecule has 1 nitrogen and oxygen atoms in total. The molecular weight excluding hydrogens is 124 g/mol. The molecule has 0 saturated heterocycles. The lowest BCUT2D eigenvalue weighted by molar-refractivity contribution is 0.552. The maximum Gasteiger partial charge on any atom is 0.129 e. The first kappa shape index (κ1) is 7.13. The summed E-state index contributed by atoms with van der Waals surface area (Å²) in [5.74, 6) is 0.974. The van der Waals surface area contributed by atoms with Crippen LogP contribution in [-0.4, -0.2) is 0 Å². The fraction of sp³-hybridized carbons (Fsp3) is 0.333. The Labute approximate surface area is 61.4 Å². The van der Waals surface area contributed by atoms with Crippen LogP contribution in [0.3, 0.4) is 0 Å². The summed E-state index contributed by atoms with van der Waals surface area (Å²) in [6, 6.07) is 3.88. The first-order chi connectivity index (χ1) is 4.84. The molecule has 1 rings (SSSR count). The fourth-order valence-electron chi connectivity index (χ4n) is 0.910. The highest BCUT2D eigenvalue weighted by Gasteiger charge is 1.94. The Hall–Kier alpha value is -0.980. The average molecular weight is 136 g/mol. The Bertz CT molecular complexity index is 207. The van der Waals surface area contributed by atoms with Crippen molar-refractivity contribution in [3.63, 3.8) is 0 Å². The van der Waals surface area contributed by atoms with Crippen LogP contribution in [0.1, 0.15) is 26.0 Å². The second kappa shape index (κ2) is 3.25. The minimum atomic E-state index is 0.974. The van der Waals surface area contributed by atoms with Crippen LogP contribution in [0.4, 0.5) is 0 Å². The minimum Gasteiger partial charge on any atom is -0.465 e. The molecular formula is C9H12O. The van der Waals surface area contributed by atoms with Gasteiger partial charge in [-0.3, -0.25) is 0 Å². The highest BCUT2D eigenvalue weighted by Crippen LogP contribution is 2.13. The second-order valence-electron chi connectivity index (χ2n) is 2.27. The van der Waals surface area contributed by atoms with Gasteiger partial charge in [0.05, 0.1) is 6.26 Å². The van der Waals surface area contributed by atoms with E-state index in [9.17, 15) is 0 Å². The summed E-state index contributed by atoms with van der Waals surface area (Å²) in [5, 5.41) is 0. The molecule has 0 fully saturated rings. The summed E-state index contributed by atoms with van der Waals surface area (Å²) in [5.41, 5.74) is 1.22. The Morgan fingerprint density at radius 3 is 3.00 bits per heavy atom. The van der Waals surface area contributed by atoms with E-state index in [4.69, 9.17) is 4.42 Å². The molecule has 0 radical (unpaired) electrons. The molecule has 0 aromatic carbocycles. The Balaban J connectivity index is 2.77. The van der Waals surface area contributed by atoms with E-state index < -0.39 is 0 Å². The van der Waals surface area contributed by atoms with Crippen molar-refractivity contribution < 1.29 is 4.42 Å². The van der Waals surface area contributed by atoms with Gasteiger partial charge in [0.15, 0.2) is 0 Å². The molecule has 0 saturated carbocycles. The molecule has 1 aromatic heterocycles. The summed E-state index contributed by atoms with van der Waals surface area (Å²) in [7, 11) is 0. The third-order valence-corrected chi connectivity index (χ3v) is 1.42. The average Bonchev–Trinajstić information content (AvgIpc) is 2.38. The quantitative estimate of drug-likeness (QED) is 0.609. The first-order valence-corrected chi connectivity index (χ1v) is 3.55. The lowest BCUT2D eigenvalue weighted by Gasteiger charge is -1.92. The third-order valence-electron chi connectivity index (χ3n) is 1.42. The lowest BCUT2D eigenvalue weighted by Crippen LogP contribution is -1.71. The van der Waals surface area contributed by atoms with Crippen molar-refractivity contribution in [1.29, 1.82) is 0 Å². The van der Waals surface area contributed by atoms with E-state index in [0.717, 1.165) is 12.2 Å². The molecule has 10 heavy (non-hydrogen) atoms. The van der Waals surface area contributed by atoms with E-state index in [1.54, 1.807) is 6.26 Å². The Morgan fingerprint density at radius 2 is 2.50 bits per heavy atom. The Morgan fingerprint density at radius 1 is 1.70 bits per heavy atom. The zero-order valence-corrected chi connectivity index (χ0v) is 6.42. The second-order valence-corrected chi connectivity index (χ2v) is 2.27. The van der Waals surface area contributed by atoms with E-state index in [-0.39, 0.29) is 0 Å². The molecule has 0 bridgehead atoms. The molecule has 0 aliphatic carbocycles. The maximum absolute atomic E-state index is 5.18. The largest absolute Gasteiger partial charge is 0.465 e. The smallest absolute Gasteiger partial charge is 0.129 e. The van der Waals surface area contributed by atoms with Gasteiger partial charge in [0.2, 0.25) is 0 Å². The molecule has 0 atom stereocenters. The number of rotatable bonds is 2. The van der Waals surface area contributed by atoms with E-state index in [0.29, 0.717) is 0 Å². The lowest BCUT2D eigenvalue weighted by atomic mass is 10.2. The van der Waals surface area contributed by atoms with Gasteiger partial charge in [-0.25, -0.2) is 0 Å². The van der Waals surface area contributed by atoms with E-state index in [1.165, 1.54) is 5.57 Å². The van der Waals surface area contributed by atoms with E-state index in [2.05, 4.69) is 19.9 Å². The predicted molar refractivity (Wildman–Crippen MR) is 42.7 cm³/mol. The van der Waals surface area contributed by atoms with Crippen molar-refractivity contribution in [2.24, 2.45) is 0 Å². The van der Waals surface area contributed by atoms with Crippen LogP contribution in [-0.2, 0) is 0 Å². The summed E-state index contributed by atoms with van der Waals surface area (Å²) in [6.07, 6.45) is 4.91. The summed E-state index contributed by atoms with van der Waals surface area (Å²) >= 11 is 0. The van der Waals surface area contributed by atoms with Crippen molar-refractivity contribution in [2.75, 3.05) is 0 Å². The van der Waals surface area contributed by atoms with Gasteiger partial charge in [0.25, 0.3) is 0 Å². The highest BCUT2D eigenvalue weighted by atomic mass is 16.3. The number of allylic oxidation sites excluding steroid dienone is 2. The predicted octanol–water partition coefficient (Wildman–Crippen LogP) is 3.09. The van der Waals surface area contributed by atoms with E-state index in [1.807, 2.05) is 12.1 Å². The van der Waals surface area contributed by atoms with Crippen LogP contribution in [0.5, 0.6) is 0 Å². The molecule has 1 aromatic rings. The van der Waals surface area contributed by atoms with Crippen LogP contribution in [0.2, 0.25) is 0 Å².